The molecule has 0 radical (unpaired) electrons. The zero-order chi connectivity index (χ0) is 10.7. The fourth-order valence-corrected chi connectivity index (χ4v) is 1.44. The number of aryl methyl sites for hydroxylation is 1. The smallest absolute Gasteiger partial charge is 0.0153 e. The Morgan fingerprint density at radius 1 is 1.36 bits per heavy atom. The molecule has 0 nitrogen and oxygen atoms in total. The van der Waals surface area contributed by atoms with Crippen LogP contribution in [0.4, 0.5) is 0 Å². The number of hydrogen-bond acceptors (Lipinski definition) is 0. The van der Waals surface area contributed by atoms with E-state index < -0.39 is 0 Å². The van der Waals surface area contributed by atoms with Gasteiger partial charge in [-0.1, -0.05) is 56.8 Å². The Bertz CT molecular complexity index is 356. The van der Waals surface area contributed by atoms with Crippen LogP contribution < -0.4 is 0 Å². The number of rotatable bonds is 3. The van der Waals surface area contributed by atoms with E-state index in [1.54, 1.807) is 0 Å². The molecule has 0 amide bonds. The lowest BCUT2D eigenvalue weighted by atomic mass is 9.92. The molecule has 0 heterocycles. The summed E-state index contributed by atoms with van der Waals surface area (Å²) in [7, 11) is 0. The van der Waals surface area contributed by atoms with E-state index in [1.165, 1.54) is 22.3 Å². The Balaban J connectivity index is 3.23. The standard InChI is InChI=1S/C14H18/c1-6-13-8-7-11(4)9-14(13)12(5)10(2)3/h6-10H,1,5H2,2-4H3. The predicted molar refractivity (Wildman–Crippen MR) is 65.1 cm³/mol. The van der Waals surface area contributed by atoms with Crippen molar-refractivity contribution in [1.82, 2.24) is 0 Å². The summed E-state index contributed by atoms with van der Waals surface area (Å²) in [6.45, 7) is 14.4. The molecule has 0 bridgehead atoms. The zero-order valence-corrected chi connectivity index (χ0v) is 9.30. The summed E-state index contributed by atoms with van der Waals surface area (Å²) in [4.78, 5) is 0. The second-order valence-electron chi connectivity index (χ2n) is 3.97. The Labute approximate surface area is 87.0 Å². The van der Waals surface area contributed by atoms with Crippen molar-refractivity contribution in [2.75, 3.05) is 0 Å². The van der Waals surface area contributed by atoms with E-state index in [2.05, 4.69) is 52.1 Å². The van der Waals surface area contributed by atoms with Crippen LogP contribution in [0, 0.1) is 12.8 Å². The maximum atomic E-state index is 4.13. The van der Waals surface area contributed by atoms with Crippen molar-refractivity contribution in [1.29, 1.82) is 0 Å². The molecule has 0 N–H and O–H groups in total. The first-order valence-corrected chi connectivity index (χ1v) is 4.98. The summed E-state index contributed by atoms with van der Waals surface area (Å²) in [6, 6.07) is 6.39. The molecule has 0 aliphatic carbocycles. The summed E-state index contributed by atoms with van der Waals surface area (Å²) < 4.78 is 0. The summed E-state index contributed by atoms with van der Waals surface area (Å²) >= 11 is 0. The normalized spacial score (nSPS) is 10.3. The minimum Gasteiger partial charge on any atom is -0.0984 e. The third-order valence-electron chi connectivity index (χ3n) is 2.47. The van der Waals surface area contributed by atoms with Crippen LogP contribution in [-0.2, 0) is 0 Å². The summed E-state index contributed by atoms with van der Waals surface area (Å²) in [5.74, 6) is 0.482. The van der Waals surface area contributed by atoms with E-state index in [9.17, 15) is 0 Å². The molecule has 0 aliphatic rings. The van der Waals surface area contributed by atoms with Gasteiger partial charge in [0, 0.05) is 0 Å². The molecule has 0 saturated heterocycles. The number of hydrogen-bond donors (Lipinski definition) is 0. The van der Waals surface area contributed by atoms with Crippen molar-refractivity contribution >= 4 is 11.6 Å². The van der Waals surface area contributed by atoms with E-state index >= 15 is 0 Å². The van der Waals surface area contributed by atoms with Crippen LogP contribution in [-0.4, -0.2) is 0 Å². The Hall–Kier alpha value is -1.30. The van der Waals surface area contributed by atoms with Gasteiger partial charge < -0.3 is 0 Å². The van der Waals surface area contributed by atoms with Gasteiger partial charge in [0.2, 0.25) is 0 Å². The lowest BCUT2D eigenvalue weighted by molar-refractivity contribution is 0.857. The van der Waals surface area contributed by atoms with Crippen LogP contribution >= 0.6 is 0 Å². The molecule has 0 spiro atoms. The molecular weight excluding hydrogens is 168 g/mol. The van der Waals surface area contributed by atoms with Gasteiger partial charge in [-0.15, -0.1) is 0 Å². The van der Waals surface area contributed by atoms with Crippen LogP contribution in [0.2, 0.25) is 0 Å². The van der Waals surface area contributed by atoms with Gasteiger partial charge in [-0.3, -0.25) is 0 Å². The largest absolute Gasteiger partial charge is 0.0984 e. The molecule has 1 rings (SSSR count). The highest BCUT2D eigenvalue weighted by Crippen LogP contribution is 2.26. The van der Waals surface area contributed by atoms with Gasteiger partial charge in [0.1, 0.15) is 0 Å². The van der Waals surface area contributed by atoms with Crippen molar-refractivity contribution in [2.45, 2.75) is 20.8 Å². The number of benzene rings is 1. The molecule has 0 aliphatic heterocycles. The van der Waals surface area contributed by atoms with Crippen molar-refractivity contribution < 1.29 is 0 Å². The third-order valence-corrected chi connectivity index (χ3v) is 2.47. The van der Waals surface area contributed by atoms with Crippen LogP contribution in [0.5, 0.6) is 0 Å². The van der Waals surface area contributed by atoms with Crippen molar-refractivity contribution in [3.63, 3.8) is 0 Å². The molecule has 0 fully saturated rings. The molecule has 0 heteroatoms. The fourth-order valence-electron chi connectivity index (χ4n) is 1.44. The van der Waals surface area contributed by atoms with E-state index in [0.717, 1.165) is 0 Å². The third kappa shape index (κ3) is 2.14. The van der Waals surface area contributed by atoms with Crippen LogP contribution in [0.1, 0.15) is 30.5 Å². The van der Waals surface area contributed by atoms with Gasteiger partial charge in [-0.2, -0.15) is 0 Å². The molecule has 0 saturated carbocycles. The minimum absolute atomic E-state index is 0.482. The first-order chi connectivity index (χ1) is 6.56. The zero-order valence-electron chi connectivity index (χ0n) is 9.30. The SMILES string of the molecule is C=Cc1ccc(C)cc1C(=C)C(C)C. The molecule has 74 valence electrons. The van der Waals surface area contributed by atoms with Crippen molar-refractivity contribution in [2.24, 2.45) is 5.92 Å². The second-order valence-corrected chi connectivity index (χ2v) is 3.97. The quantitative estimate of drug-likeness (QED) is 0.660. The maximum absolute atomic E-state index is 4.13. The topological polar surface area (TPSA) is 0 Å². The number of allylic oxidation sites excluding steroid dienone is 1. The Kier molecular flexibility index (Phi) is 3.29. The summed E-state index contributed by atoms with van der Waals surface area (Å²) in [5, 5.41) is 0. The highest BCUT2D eigenvalue weighted by molar-refractivity contribution is 5.73. The molecule has 0 unspecified atom stereocenters. The monoisotopic (exact) mass is 186 g/mol. The fraction of sp³-hybridized carbons (Fsp3) is 0.286. The van der Waals surface area contributed by atoms with Crippen LogP contribution in [0.15, 0.2) is 31.4 Å². The molecule has 1 aromatic rings. The highest BCUT2D eigenvalue weighted by atomic mass is 14.1. The molecular formula is C14H18. The minimum atomic E-state index is 0.482. The van der Waals surface area contributed by atoms with E-state index in [1.807, 2.05) is 6.08 Å². The Morgan fingerprint density at radius 2 is 2.00 bits per heavy atom. The van der Waals surface area contributed by atoms with Gasteiger partial charge in [-0.25, -0.2) is 0 Å². The molecule has 14 heavy (non-hydrogen) atoms. The second kappa shape index (κ2) is 4.28. The summed E-state index contributed by atoms with van der Waals surface area (Å²) in [5.41, 5.74) is 4.86. The van der Waals surface area contributed by atoms with E-state index in [4.69, 9.17) is 0 Å². The molecule has 1 aromatic carbocycles. The van der Waals surface area contributed by atoms with E-state index in [-0.39, 0.29) is 0 Å². The molecule has 0 atom stereocenters. The highest BCUT2D eigenvalue weighted by Gasteiger charge is 2.07. The summed E-state index contributed by atoms with van der Waals surface area (Å²) in [6.07, 6.45) is 1.89. The predicted octanol–water partition coefficient (Wildman–Crippen LogP) is 4.31. The van der Waals surface area contributed by atoms with Gasteiger partial charge in [0.15, 0.2) is 0 Å². The lowest BCUT2D eigenvalue weighted by Gasteiger charge is -2.13. The molecule has 0 aromatic heterocycles. The average molecular weight is 186 g/mol. The van der Waals surface area contributed by atoms with Crippen LogP contribution in [0.3, 0.4) is 0 Å². The van der Waals surface area contributed by atoms with Gasteiger partial charge >= 0.3 is 0 Å². The first-order valence-electron chi connectivity index (χ1n) is 4.98. The van der Waals surface area contributed by atoms with Gasteiger partial charge in [0.25, 0.3) is 0 Å². The maximum Gasteiger partial charge on any atom is -0.0153 e. The Morgan fingerprint density at radius 3 is 2.50 bits per heavy atom. The average Bonchev–Trinajstić information content (AvgIpc) is 2.16. The van der Waals surface area contributed by atoms with Crippen LogP contribution in [0.25, 0.3) is 11.6 Å². The first kappa shape index (κ1) is 10.8. The lowest BCUT2D eigenvalue weighted by Crippen LogP contribution is -1.95. The van der Waals surface area contributed by atoms with E-state index in [0.29, 0.717) is 5.92 Å². The van der Waals surface area contributed by atoms with Gasteiger partial charge in [-0.05, 0) is 29.5 Å². The van der Waals surface area contributed by atoms with Crippen molar-refractivity contribution in [3.8, 4) is 0 Å². The van der Waals surface area contributed by atoms with Crippen molar-refractivity contribution in [3.05, 3.63) is 48.0 Å². The van der Waals surface area contributed by atoms with Gasteiger partial charge in [0.05, 0.1) is 0 Å².